The van der Waals surface area contributed by atoms with E-state index < -0.39 is 0 Å². The number of hydrogen-bond donors (Lipinski definition) is 0. The van der Waals surface area contributed by atoms with Crippen molar-refractivity contribution < 1.29 is 4.39 Å². The van der Waals surface area contributed by atoms with Gasteiger partial charge in [0.1, 0.15) is 5.82 Å². The minimum Gasteiger partial charge on any atom is -0.241 e. The van der Waals surface area contributed by atoms with E-state index in [-0.39, 0.29) is 11.2 Å². The van der Waals surface area contributed by atoms with Gasteiger partial charge in [-0.15, -0.1) is 11.3 Å². The molecular weight excluding hydrogens is 221 g/mol. The first-order valence-electron chi connectivity index (χ1n) is 5.19. The lowest BCUT2D eigenvalue weighted by atomic mass is 9.98. The molecule has 1 nitrogen and oxygen atoms in total. The van der Waals surface area contributed by atoms with Crippen LogP contribution in [0.3, 0.4) is 0 Å². The summed E-state index contributed by atoms with van der Waals surface area (Å²) >= 11 is 1.58. The third kappa shape index (κ3) is 2.14. The maximum absolute atomic E-state index is 13.5. The Bertz CT molecular complexity index is 497. The molecule has 1 aromatic heterocycles. The molecule has 0 amide bonds. The van der Waals surface area contributed by atoms with Crippen molar-refractivity contribution in [2.45, 2.75) is 26.2 Å². The normalized spacial score (nSPS) is 11.8. The highest BCUT2D eigenvalue weighted by Gasteiger charge is 2.19. The predicted octanol–water partition coefficient (Wildman–Crippen LogP) is 4.25. The van der Waals surface area contributed by atoms with Gasteiger partial charge in [-0.05, 0) is 12.1 Å². The van der Waals surface area contributed by atoms with Crippen LogP contribution in [-0.2, 0) is 5.41 Å². The van der Waals surface area contributed by atoms with Crippen LogP contribution in [0.4, 0.5) is 4.39 Å². The molecule has 1 aromatic carbocycles. The SMILES string of the molecule is CC(C)(C)c1nc(-c2ccccc2F)cs1. The zero-order valence-corrected chi connectivity index (χ0v) is 10.4. The molecule has 1 heterocycles. The molecule has 0 unspecified atom stereocenters. The first kappa shape index (κ1) is 11.3. The van der Waals surface area contributed by atoms with Gasteiger partial charge < -0.3 is 0 Å². The summed E-state index contributed by atoms with van der Waals surface area (Å²) in [7, 11) is 0. The Hall–Kier alpha value is -1.22. The van der Waals surface area contributed by atoms with Crippen molar-refractivity contribution in [3.63, 3.8) is 0 Å². The summed E-state index contributed by atoms with van der Waals surface area (Å²) in [5, 5.41) is 2.95. The molecule has 0 saturated heterocycles. The molecule has 0 fully saturated rings. The van der Waals surface area contributed by atoms with Crippen LogP contribution in [-0.4, -0.2) is 4.98 Å². The summed E-state index contributed by atoms with van der Waals surface area (Å²) in [5.41, 5.74) is 1.33. The third-order valence-electron chi connectivity index (χ3n) is 2.30. The molecule has 3 heteroatoms. The lowest BCUT2D eigenvalue weighted by Crippen LogP contribution is -2.10. The predicted molar refractivity (Wildman–Crippen MR) is 66.2 cm³/mol. The van der Waals surface area contributed by atoms with Crippen molar-refractivity contribution in [3.8, 4) is 11.3 Å². The van der Waals surface area contributed by atoms with E-state index in [1.807, 2.05) is 11.4 Å². The van der Waals surface area contributed by atoms with Gasteiger partial charge in [-0.3, -0.25) is 0 Å². The number of halogens is 1. The molecule has 84 valence electrons. The Morgan fingerprint density at radius 3 is 2.44 bits per heavy atom. The molecule has 0 radical (unpaired) electrons. The van der Waals surface area contributed by atoms with Crippen LogP contribution in [0.1, 0.15) is 25.8 Å². The Morgan fingerprint density at radius 1 is 1.19 bits per heavy atom. The van der Waals surface area contributed by atoms with Crippen molar-refractivity contribution in [3.05, 3.63) is 40.5 Å². The Kier molecular flexibility index (Phi) is 2.80. The smallest absolute Gasteiger partial charge is 0.132 e. The molecule has 0 bridgehead atoms. The van der Waals surface area contributed by atoms with Crippen LogP contribution in [0.2, 0.25) is 0 Å². The van der Waals surface area contributed by atoms with Gasteiger partial charge in [0.05, 0.1) is 10.7 Å². The molecule has 2 aromatic rings. The zero-order valence-electron chi connectivity index (χ0n) is 9.62. The average Bonchev–Trinajstić information content (AvgIpc) is 2.66. The maximum Gasteiger partial charge on any atom is 0.132 e. The van der Waals surface area contributed by atoms with Crippen LogP contribution in [0.5, 0.6) is 0 Å². The molecule has 0 aliphatic rings. The van der Waals surface area contributed by atoms with Crippen molar-refractivity contribution >= 4 is 11.3 Å². The molecule has 2 rings (SSSR count). The summed E-state index contributed by atoms with van der Waals surface area (Å²) < 4.78 is 13.5. The van der Waals surface area contributed by atoms with Crippen molar-refractivity contribution in [2.75, 3.05) is 0 Å². The topological polar surface area (TPSA) is 12.9 Å². The van der Waals surface area contributed by atoms with Crippen LogP contribution >= 0.6 is 11.3 Å². The van der Waals surface area contributed by atoms with E-state index in [4.69, 9.17) is 0 Å². The van der Waals surface area contributed by atoms with Gasteiger partial charge in [-0.25, -0.2) is 9.37 Å². The molecular formula is C13H14FNS. The van der Waals surface area contributed by atoms with Gasteiger partial charge in [0.2, 0.25) is 0 Å². The van der Waals surface area contributed by atoms with E-state index in [2.05, 4.69) is 25.8 Å². The summed E-state index contributed by atoms with van der Waals surface area (Å²) in [6.45, 7) is 6.32. The summed E-state index contributed by atoms with van der Waals surface area (Å²) in [4.78, 5) is 4.49. The van der Waals surface area contributed by atoms with Crippen molar-refractivity contribution in [2.24, 2.45) is 0 Å². The maximum atomic E-state index is 13.5. The second-order valence-corrected chi connectivity index (χ2v) is 5.63. The van der Waals surface area contributed by atoms with Crippen LogP contribution in [0.25, 0.3) is 11.3 Å². The monoisotopic (exact) mass is 235 g/mol. The first-order chi connectivity index (χ1) is 7.48. The van der Waals surface area contributed by atoms with Gasteiger partial charge >= 0.3 is 0 Å². The molecule has 0 N–H and O–H groups in total. The highest BCUT2D eigenvalue weighted by Crippen LogP contribution is 2.30. The lowest BCUT2D eigenvalue weighted by molar-refractivity contribution is 0.585. The highest BCUT2D eigenvalue weighted by atomic mass is 32.1. The molecule has 0 aliphatic heterocycles. The van der Waals surface area contributed by atoms with Gasteiger partial charge in [0, 0.05) is 16.4 Å². The van der Waals surface area contributed by atoms with Gasteiger partial charge in [0.25, 0.3) is 0 Å². The zero-order chi connectivity index (χ0) is 11.8. The second kappa shape index (κ2) is 3.98. The van der Waals surface area contributed by atoms with E-state index in [0.29, 0.717) is 5.56 Å². The number of hydrogen-bond acceptors (Lipinski definition) is 2. The summed E-state index contributed by atoms with van der Waals surface area (Å²) in [6, 6.07) is 6.74. The van der Waals surface area contributed by atoms with E-state index >= 15 is 0 Å². The fourth-order valence-electron chi connectivity index (χ4n) is 1.41. The first-order valence-corrected chi connectivity index (χ1v) is 6.07. The number of rotatable bonds is 1. The van der Waals surface area contributed by atoms with Crippen LogP contribution in [0.15, 0.2) is 29.6 Å². The quantitative estimate of drug-likeness (QED) is 0.720. The van der Waals surface area contributed by atoms with Crippen molar-refractivity contribution in [1.82, 2.24) is 4.98 Å². The fraction of sp³-hybridized carbons (Fsp3) is 0.308. The Balaban J connectivity index is 2.44. The number of benzene rings is 1. The summed E-state index contributed by atoms with van der Waals surface area (Å²) in [5.74, 6) is -0.215. The summed E-state index contributed by atoms with van der Waals surface area (Å²) in [6.07, 6.45) is 0. The molecule has 0 aliphatic carbocycles. The largest absolute Gasteiger partial charge is 0.241 e. The number of nitrogens with zero attached hydrogens (tertiary/aromatic N) is 1. The van der Waals surface area contributed by atoms with Crippen LogP contribution < -0.4 is 0 Å². The Labute approximate surface area is 99.0 Å². The fourth-order valence-corrected chi connectivity index (χ4v) is 2.32. The minimum atomic E-state index is -0.215. The van der Waals surface area contributed by atoms with Gasteiger partial charge in [-0.2, -0.15) is 0 Å². The van der Waals surface area contributed by atoms with Gasteiger partial charge in [-0.1, -0.05) is 32.9 Å². The standard InChI is InChI=1S/C13H14FNS/c1-13(2,3)12-15-11(8-16-12)9-6-4-5-7-10(9)14/h4-8H,1-3H3. The number of aromatic nitrogens is 1. The third-order valence-corrected chi connectivity index (χ3v) is 3.56. The van der Waals surface area contributed by atoms with Crippen molar-refractivity contribution in [1.29, 1.82) is 0 Å². The van der Waals surface area contributed by atoms with E-state index in [9.17, 15) is 4.39 Å². The van der Waals surface area contributed by atoms with Gasteiger partial charge in [0.15, 0.2) is 0 Å². The Morgan fingerprint density at radius 2 is 1.88 bits per heavy atom. The average molecular weight is 235 g/mol. The van der Waals surface area contributed by atoms with E-state index in [1.165, 1.54) is 6.07 Å². The second-order valence-electron chi connectivity index (χ2n) is 4.77. The lowest BCUT2D eigenvalue weighted by Gasteiger charge is -2.13. The van der Waals surface area contributed by atoms with Crippen LogP contribution in [0, 0.1) is 5.82 Å². The molecule has 0 saturated carbocycles. The molecule has 16 heavy (non-hydrogen) atoms. The van der Waals surface area contributed by atoms with E-state index in [1.54, 1.807) is 23.5 Å². The molecule has 0 atom stereocenters. The molecule has 0 spiro atoms. The highest BCUT2D eigenvalue weighted by molar-refractivity contribution is 7.10. The number of thiazole rings is 1. The minimum absolute atomic E-state index is 0.0220. The van der Waals surface area contributed by atoms with E-state index in [0.717, 1.165) is 10.7 Å².